The van der Waals surface area contributed by atoms with Crippen molar-refractivity contribution in [1.29, 1.82) is 0 Å². The summed E-state index contributed by atoms with van der Waals surface area (Å²) in [5.74, 6) is 0.0100. The van der Waals surface area contributed by atoms with Gasteiger partial charge >= 0.3 is 0 Å². The molecule has 0 bridgehead atoms. The van der Waals surface area contributed by atoms with Gasteiger partial charge in [-0.05, 0) is 42.7 Å². The quantitative estimate of drug-likeness (QED) is 0.539. The number of thioether (sulfide) groups is 1. The molecule has 8 heteroatoms. The van der Waals surface area contributed by atoms with E-state index in [9.17, 15) is 9.59 Å². The molecule has 2 amide bonds. The largest absolute Gasteiger partial charge is 0.349 e. The third-order valence-electron chi connectivity index (χ3n) is 4.56. The minimum Gasteiger partial charge on any atom is -0.349 e. The smallest absolute Gasteiger partial charge is 0.230 e. The molecule has 0 aliphatic rings. The number of aryl methyl sites for hydroxylation is 1. The van der Waals surface area contributed by atoms with Crippen LogP contribution in [0.25, 0.3) is 5.69 Å². The van der Waals surface area contributed by atoms with E-state index in [0.717, 1.165) is 17.7 Å². The van der Waals surface area contributed by atoms with Crippen LogP contribution in [0.5, 0.6) is 0 Å². The second-order valence-corrected chi connectivity index (χ2v) is 7.83. The Morgan fingerprint density at radius 1 is 1.17 bits per heavy atom. The summed E-state index contributed by atoms with van der Waals surface area (Å²) in [6, 6.07) is 15.6. The Balaban J connectivity index is 1.61. The average Bonchev–Trinajstić information content (AvgIpc) is 3.21. The zero-order valence-corrected chi connectivity index (χ0v) is 18.1. The van der Waals surface area contributed by atoms with Gasteiger partial charge in [0.15, 0.2) is 5.16 Å². The Morgan fingerprint density at radius 3 is 2.63 bits per heavy atom. The van der Waals surface area contributed by atoms with Crippen LogP contribution in [0.15, 0.2) is 60.0 Å². The van der Waals surface area contributed by atoms with Gasteiger partial charge in [-0.2, -0.15) is 0 Å². The summed E-state index contributed by atoms with van der Waals surface area (Å²) in [6.07, 6.45) is 2.58. The SMILES string of the molecule is CCc1ccc(C(C)NC(=O)CSc2nncn2-c2cccc(NC(C)=O)c2)cc1. The molecule has 0 aliphatic heterocycles. The topological polar surface area (TPSA) is 88.9 Å². The van der Waals surface area contributed by atoms with E-state index in [2.05, 4.69) is 52.0 Å². The van der Waals surface area contributed by atoms with Gasteiger partial charge in [0.2, 0.25) is 11.8 Å². The third kappa shape index (κ3) is 5.70. The number of amides is 2. The molecule has 0 fully saturated rings. The zero-order chi connectivity index (χ0) is 21.5. The summed E-state index contributed by atoms with van der Waals surface area (Å²) < 4.78 is 1.79. The standard InChI is InChI=1S/C22H25N5O2S/c1-4-17-8-10-18(11-9-17)15(2)24-21(29)13-30-22-26-23-14-27(22)20-7-5-6-19(12-20)25-16(3)28/h5-12,14-15H,4,13H2,1-3H3,(H,24,29)(H,25,28). The molecule has 1 aromatic heterocycles. The maximum atomic E-state index is 12.4. The number of anilines is 1. The van der Waals surface area contributed by atoms with Gasteiger partial charge in [0.25, 0.3) is 0 Å². The van der Waals surface area contributed by atoms with E-state index in [4.69, 9.17) is 0 Å². The van der Waals surface area contributed by atoms with Crippen LogP contribution in [0.2, 0.25) is 0 Å². The molecule has 0 saturated heterocycles. The second-order valence-electron chi connectivity index (χ2n) is 6.89. The van der Waals surface area contributed by atoms with Crippen LogP contribution in [0.3, 0.4) is 0 Å². The van der Waals surface area contributed by atoms with Gasteiger partial charge in [-0.3, -0.25) is 14.2 Å². The lowest BCUT2D eigenvalue weighted by molar-refractivity contribution is -0.119. The first kappa shape index (κ1) is 21.6. The predicted octanol–water partition coefficient (Wildman–Crippen LogP) is 3.76. The molecule has 1 unspecified atom stereocenters. The van der Waals surface area contributed by atoms with E-state index in [1.54, 1.807) is 10.9 Å². The number of carbonyl (C=O) groups is 2. The predicted molar refractivity (Wildman–Crippen MR) is 119 cm³/mol. The van der Waals surface area contributed by atoms with E-state index in [1.165, 1.54) is 24.2 Å². The van der Waals surface area contributed by atoms with Gasteiger partial charge in [-0.1, -0.05) is 49.0 Å². The summed E-state index contributed by atoms with van der Waals surface area (Å²) >= 11 is 1.31. The van der Waals surface area contributed by atoms with Gasteiger partial charge in [-0.25, -0.2) is 0 Å². The Morgan fingerprint density at radius 2 is 1.93 bits per heavy atom. The molecular formula is C22H25N5O2S. The fourth-order valence-corrected chi connectivity index (χ4v) is 3.72. The molecule has 3 aromatic rings. The number of nitrogens with zero attached hydrogens (tertiary/aromatic N) is 3. The minimum atomic E-state index is -0.138. The van der Waals surface area contributed by atoms with Crippen molar-refractivity contribution in [3.05, 3.63) is 66.0 Å². The number of rotatable bonds is 8. The molecule has 2 aromatic carbocycles. The Bertz CT molecular complexity index is 1020. The molecule has 0 spiro atoms. The Kier molecular flexibility index (Phi) is 7.24. The van der Waals surface area contributed by atoms with Crippen molar-refractivity contribution in [3.63, 3.8) is 0 Å². The molecule has 1 atom stereocenters. The highest BCUT2D eigenvalue weighted by molar-refractivity contribution is 7.99. The molecular weight excluding hydrogens is 398 g/mol. The highest BCUT2D eigenvalue weighted by Crippen LogP contribution is 2.22. The van der Waals surface area contributed by atoms with Gasteiger partial charge in [0.05, 0.1) is 17.5 Å². The fraction of sp³-hybridized carbons (Fsp3) is 0.273. The van der Waals surface area contributed by atoms with E-state index >= 15 is 0 Å². The lowest BCUT2D eigenvalue weighted by Gasteiger charge is -2.15. The van der Waals surface area contributed by atoms with Crippen LogP contribution in [-0.4, -0.2) is 32.3 Å². The number of benzene rings is 2. The molecule has 30 heavy (non-hydrogen) atoms. The molecule has 0 radical (unpaired) electrons. The van der Waals surface area contributed by atoms with Crippen molar-refractivity contribution in [1.82, 2.24) is 20.1 Å². The molecule has 7 nitrogen and oxygen atoms in total. The van der Waals surface area contributed by atoms with E-state index in [-0.39, 0.29) is 23.6 Å². The number of carbonyl (C=O) groups excluding carboxylic acids is 2. The molecule has 1 heterocycles. The maximum absolute atomic E-state index is 12.4. The summed E-state index contributed by atoms with van der Waals surface area (Å²) in [6.45, 7) is 5.55. The first-order valence-electron chi connectivity index (χ1n) is 9.75. The van der Waals surface area contributed by atoms with Gasteiger partial charge in [0, 0.05) is 12.6 Å². The van der Waals surface area contributed by atoms with Crippen molar-refractivity contribution in [2.24, 2.45) is 0 Å². The highest BCUT2D eigenvalue weighted by Gasteiger charge is 2.13. The van der Waals surface area contributed by atoms with Crippen molar-refractivity contribution >= 4 is 29.3 Å². The van der Waals surface area contributed by atoms with Crippen molar-refractivity contribution in [3.8, 4) is 5.69 Å². The summed E-state index contributed by atoms with van der Waals surface area (Å²) in [4.78, 5) is 23.7. The zero-order valence-electron chi connectivity index (χ0n) is 17.3. The lowest BCUT2D eigenvalue weighted by atomic mass is 10.1. The van der Waals surface area contributed by atoms with Gasteiger partial charge in [0.1, 0.15) is 6.33 Å². The van der Waals surface area contributed by atoms with Crippen LogP contribution in [0, 0.1) is 0 Å². The molecule has 3 rings (SSSR count). The van der Waals surface area contributed by atoms with Crippen LogP contribution in [-0.2, 0) is 16.0 Å². The van der Waals surface area contributed by atoms with Crippen molar-refractivity contribution in [2.75, 3.05) is 11.1 Å². The van der Waals surface area contributed by atoms with Crippen LogP contribution >= 0.6 is 11.8 Å². The molecule has 2 N–H and O–H groups in total. The number of aromatic nitrogens is 3. The Labute approximate surface area is 180 Å². The molecule has 0 aliphatic carbocycles. The summed E-state index contributed by atoms with van der Waals surface area (Å²) in [5.41, 5.74) is 3.84. The summed E-state index contributed by atoms with van der Waals surface area (Å²) in [7, 11) is 0. The second kappa shape index (κ2) is 10.1. The monoisotopic (exact) mass is 423 g/mol. The van der Waals surface area contributed by atoms with Gasteiger partial charge in [-0.15, -0.1) is 10.2 Å². The lowest BCUT2D eigenvalue weighted by Crippen LogP contribution is -2.28. The Hall–Kier alpha value is -3.13. The van der Waals surface area contributed by atoms with Gasteiger partial charge < -0.3 is 10.6 Å². The van der Waals surface area contributed by atoms with Crippen LogP contribution in [0.4, 0.5) is 5.69 Å². The van der Waals surface area contributed by atoms with E-state index in [1.807, 2.05) is 31.2 Å². The van der Waals surface area contributed by atoms with Crippen molar-refractivity contribution in [2.45, 2.75) is 38.4 Å². The fourth-order valence-electron chi connectivity index (χ4n) is 2.98. The van der Waals surface area contributed by atoms with E-state index < -0.39 is 0 Å². The van der Waals surface area contributed by atoms with Crippen LogP contribution < -0.4 is 10.6 Å². The number of hydrogen-bond acceptors (Lipinski definition) is 5. The van der Waals surface area contributed by atoms with Crippen molar-refractivity contribution < 1.29 is 9.59 Å². The molecule has 156 valence electrons. The average molecular weight is 424 g/mol. The third-order valence-corrected chi connectivity index (χ3v) is 5.50. The normalized spacial score (nSPS) is 11.7. The van der Waals surface area contributed by atoms with E-state index in [0.29, 0.717) is 10.8 Å². The highest BCUT2D eigenvalue weighted by atomic mass is 32.2. The van der Waals surface area contributed by atoms with Crippen LogP contribution in [0.1, 0.15) is 37.9 Å². The number of nitrogens with one attached hydrogen (secondary N) is 2. The maximum Gasteiger partial charge on any atom is 0.230 e. The minimum absolute atomic E-state index is 0.0730. The first-order valence-corrected chi connectivity index (χ1v) is 10.7. The number of hydrogen-bond donors (Lipinski definition) is 2. The summed E-state index contributed by atoms with van der Waals surface area (Å²) in [5, 5.41) is 14.5. The first-order chi connectivity index (χ1) is 14.5. The molecule has 0 saturated carbocycles.